The van der Waals surface area contributed by atoms with Crippen LogP contribution in [-0.4, -0.2) is 23.5 Å². The summed E-state index contributed by atoms with van der Waals surface area (Å²) >= 11 is 0. The number of benzene rings is 1. The van der Waals surface area contributed by atoms with E-state index in [4.69, 9.17) is 0 Å². The molecule has 1 heterocycles. The number of nitriles is 1. The SMILES string of the molecule is CC1(C)CCCN1CC(C#N)c1ccccc1. The molecule has 0 amide bonds. The van der Waals surface area contributed by atoms with Crippen molar-refractivity contribution in [3.05, 3.63) is 35.9 Å². The highest BCUT2D eigenvalue weighted by Crippen LogP contribution is 2.30. The molecule has 0 bridgehead atoms. The van der Waals surface area contributed by atoms with E-state index in [1.807, 2.05) is 18.2 Å². The summed E-state index contributed by atoms with van der Waals surface area (Å²) in [7, 11) is 0. The van der Waals surface area contributed by atoms with E-state index in [2.05, 4.69) is 36.9 Å². The van der Waals surface area contributed by atoms with Crippen LogP contribution in [0.2, 0.25) is 0 Å². The highest BCUT2D eigenvalue weighted by molar-refractivity contribution is 5.25. The van der Waals surface area contributed by atoms with Gasteiger partial charge in [-0.3, -0.25) is 4.90 Å². The summed E-state index contributed by atoms with van der Waals surface area (Å²) in [5, 5.41) is 9.33. The van der Waals surface area contributed by atoms with Crippen molar-refractivity contribution < 1.29 is 0 Å². The largest absolute Gasteiger partial charge is 0.297 e. The summed E-state index contributed by atoms with van der Waals surface area (Å²) in [6.07, 6.45) is 2.49. The predicted octanol–water partition coefficient (Wildman–Crippen LogP) is 3.17. The number of hydrogen-bond acceptors (Lipinski definition) is 2. The van der Waals surface area contributed by atoms with Gasteiger partial charge in [0.15, 0.2) is 0 Å². The summed E-state index contributed by atoms with van der Waals surface area (Å²) in [4.78, 5) is 2.45. The van der Waals surface area contributed by atoms with Crippen LogP contribution in [0.4, 0.5) is 0 Å². The number of hydrogen-bond donors (Lipinski definition) is 0. The molecule has 0 N–H and O–H groups in total. The van der Waals surface area contributed by atoms with E-state index in [0.29, 0.717) is 0 Å². The first kappa shape index (κ1) is 12.1. The van der Waals surface area contributed by atoms with Crippen molar-refractivity contribution in [1.82, 2.24) is 4.90 Å². The second kappa shape index (κ2) is 4.89. The molecule has 2 nitrogen and oxygen atoms in total. The molecule has 1 fully saturated rings. The van der Waals surface area contributed by atoms with E-state index < -0.39 is 0 Å². The van der Waals surface area contributed by atoms with Crippen LogP contribution in [0.1, 0.15) is 38.2 Å². The molecular weight excluding hydrogens is 208 g/mol. The van der Waals surface area contributed by atoms with Crippen molar-refractivity contribution in [3.8, 4) is 6.07 Å². The second-order valence-corrected chi connectivity index (χ2v) is 5.45. The molecule has 90 valence electrons. The van der Waals surface area contributed by atoms with Crippen molar-refractivity contribution in [1.29, 1.82) is 5.26 Å². The van der Waals surface area contributed by atoms with E-state index in [-0.39, 0.29) is 11.5 Å². The Morgan fingerprint density at radius 1 is 1.35 bits per heavy atom. The van der Waals surface area contributed by atoms with Gasteiger partial charge in [-0.25, -0.2) is 0 Å². The highest BCUT2D eigenvalue weighted by Gasteiger charge is 2.33. The van der Waals surface area contributed by atoms with Crippen LogP contribution in [0.3, 0.4) is 0 Å². The van der Waals surface area contributed by atoms with Gasteiger partial charge in [-0.15, -0.1) is 0 Å². The quantitative estimate of drug-likeness (QED) is 0.794. The van der Waals surface area contributed by atoms with Gasteiger partial charge >= 0.3 is 0 Å². The van der Waals surface area contributed by atoms with E-state index in [1.165, 1.54) is 12.8 Å². The Morgan fingerprint density at radius 3 is 2.59 bits per heavy atom. The zero-order valence-electron chi connectivity index (χ0n) is 10.7. The lowest BCUT2D eigenvalue weighted by Gasteiger charge is -2.33. The van der Waals surface area contributed by atoms with E-state index >= 15 is 0 Å². The van der Waals surface area contributed by atoms with Crippen molar-refractivity contribution in [2.45, 2.75) is 38.1 Å². The minimum atomic E-state index is -0.00595. The summed E-state index contributed by atoms with van der Waals surface area (Å²) < 4.78 is 0. The van der Waals surface area contributed by atoms with E-state index in [9.17, 15) is 5.26 Å². The van der Waals surface area contributed by atoms with E-state index in [0.717, 1.165) is 18.7 Å². The minimum absolute atomic E-state index is 0.00595. The molecular formula is C15H20N2. The molecule has 1 atom stereocenters. The number of likely N-dealkylation sites (tertiary alicyclic amines) is 1. The van der Waals surface area contributed by atoms with Crippen LogP contribution < -0.4 is 0 Å². The summed E-state index contributed by atoms with van der Waals surface area (Å²) in [6, 6.07) is 12.6. The highest BCUT2D eigenvalue weighted by atomic mass is 15.2. The lowest BCUT2D eigenvalue weighted by molar-refractivity contribution is 0.172. The minimum Gasteiger partial charge on any atom is -0.297 e. The Balaban J connectivity index is 2.09. The first-order valence-corrected chi connectivity index (χ1v) is 6.33. The molecule has 1 unspecified atom stereocenters. The van der Waals surface area contributed by atoms with Crippen LogP contribution in [0.15, 0.2) is 30.3 Å². The Kier molecular flexibility index (Phi) is 3.49. The number of rotatable bonds is 3. The fraction of sp³-hybridized carbons (Fsp3) is 0.533. The third-order valence-corrected chi connectivity index (χ3v) is 3.83. The molecule has 1 aromatic carbocycles. The van der Waals surface area contributed by atoms with Crippen LogP contribution in [-0.2, 0) is 0 Å². The second-order valence-electron chi connectivity index (χ2n) is 5.45. The molecule has 1 aliphatic heterocycles. The molecule has 1 aliphatic rings. The first-order valence-electron chi connectivity index (χ1n) is 6.33. The molecule has 0 radical (unpaired) electrons. The van der Waals surface area contributed by atoms with Gasteiger partial charge in [-0.1, -0.05) is 30.3 Å². The molecule has 0 aromatic heterocycles. The van der Waals surface area contributed by atoms with Crippen LogP contribution in [0.5, 0.6) is 0 Å². The smallest absolute Gasteiger partial charge is 0.0839 e. The molecule has 2 rings (SSSR count). The molecule has 1 saturated heterocycles. The molecule has 0 saturated carbocycles. The fourth-order valence-electron chi connectivity index (χ4n) is 2.63. The van der Waals surface area contributed by atoms with Gasteiger partial charge in [0.1, 0.15) is 0 Å². The molecule has 1 aromatic rings. The Hall–Kier alpha value is -1.33. The van der Waals surface area contributed by atoms with Crippen LogP contribution >= 0.6 is 0 Å². The molecule has 17 heavy (non-hydrogen) atoms. The van der Waals surface area contributed by atoms with Gasteiger partial charge in [-0.2, -0.15) is 5.26 Å². The zero-order chi connectivity index (χ0) is 12.3. The predicted molar refractivity (Wildman–Crippen MR) is 69.7 cm³/mol. The van der Waals surface area contributed by atoms with Crippen LogP contribution in [0, 0.1) is 11.3 Å². The average Bonchev–Trinajstić information content (AvgIpc) is 2.66. The van der Waals surface area contributed by atoms with Gasteiger partial charge in [0.2, 0.25) is 0 Å². The third kappa shape index (κ3) is 2.68. The van der Waals surface area contributed by atoms with Gasteiger partial charge in [0.25, 0.3) is 0 Å². The normalized spacial score (nSPS) is 21.0. The number of nitrogens with zero attached hydrogens (tertiary/aromatic N) is 2. The van der Waals surface area contributed by atoms with Crippen molar-refractivity contribution in [3.63, 3.8) is 0 Å². The maximum Gasteiger partial charge on any atom is 0.0839 e. The van der Waals surface area contributed by atoms with Gasteiger partial charge in [0, 0.05) is 12.1 Å². The third-order valence-electron chi connectivity index (χ3n) is 3.83. The standard InChI is InChI=1S/C15H20N2/c1-15(2)9-6-10-17(15)12-14(11-16)13-7-4-3-5-8-13/h3-5,7-8,14H,6,9-10,12H2,1-2H3. The first-order chi connectivity index (χ1) is 8.13. The monoisotopic (exact) mass is 228 g/mol. The zero-order valence-corrected chi connectivity index (χ0v) is 10.7. The fourth-order valence-corrected chi connectivity index (χ4v) is 2.63. The lowest BCUT2D eigenvalue weighted by atomic mass is 9.97. The van der Waals surface area contributed by atoms with E-state index in [1.54, 1.807) is 0 Å². The molecule has 0 spiro atoms. The lowest BCUT2D eigenvalue weighted by Crippen LogP contribution is -2.40. The Morgan fingerprint density at radius 2 is 2.06 bits per heavy atom. The average molecular weight is 228 g/mol. The summed E-state index contributed by atoms with van der Waals surface area (Å²) in [5.74, 6) is -0.00595. The van der Waals surface area contributed by atoms with Gasteiger partial charge in [-0.05, 0) is 38.8 Å². The molecule has 0 aliphatic carbocycles. The van der Waals surface area contributed by atoms with Crippen molar-refractivity contribution in [2.75, 3.05) is 13.1 Å². The Bertz CT molecular complexity index is 403. The van der Waals surface area contributed by atoms with Crippen LogP contribution in [0.25, 0.3) is 0 Å². The summed E-state index contributed by atoms with van der Waals surface area (Å²) in [6.45, 7) is 6.53. The van der Waals surface area contributed by atoms with Crippen molar-refractivity contribution >= 4 is 0 Å². The van der Waals surface area contributed by atoms with Crippen molar-refractivity contribution in [2.24, 2.45) is 0 Å². The summed E-state index contributed by atoms with van der Waals surface area (Å²) in [5.41, 5.74) is 1.39. The Labute approximate surface area is 104 Å². The molecule has 2 heteroatoms. The maximum atomic E-state index is 9.33. The maximum absolute atomic E-state index is 9.33. The van der Waals surface area contributed by atoms with Gasteiger partial charge < -0.3 is 0 Å². The topological polar surface area (TPSA) is 27.0 Å². The van der Waals surface area contributed by atoms with Gasteiger partial charge in [0.05, 0.1) is 12.0 Å².